The molecule has 7 heteroatoms. The normalized spacial score (nSPS) is 19.0. The van der Waals surface area contributed by atoms with Crippen LogP contribution in [0.3, 0.4) is 0 Å². The number of aromatic nitrogens is 3. The lowest BCUT2D eigenvalue weighted by Crippen LogP contribution is -2.40. The van der Waals surface area contributed by atoms with Crippen molar-refractivity contribution in [3.63, 3.8) is 0 Å². The summed E-state index contributed by atoms with van der Waals surface area (Å²) in [6.07, 6.45) is 1.84. The highest BCUT2D eigenvalue weighted by Crippen LogP contribution is 2.39. The van der Waals surface area contributed by atoms with Crippen LogP contribution in [0, 0.1) is 5.82 Å². The fourth-order valence-corrected chi connectivity index (χ4v) is 3.30. The van der Waals surface area contributed by atoms with Crippen LogP contribution in [-0.2, 0) is 24.4 Å². The number of β-amino-alcohol motifs (C(OH)–C–C–N with tert-alkyl or cyclic N) is 1. The fraction of sp³-hybridized carbons (Fsp3) is 0.556. The molecule has 0 spiro atoms. The molecule has 25 heavy (non-hydrogen) atoms. The smallest absolute Gasteiger partial charge is 0.147 e. The number of hydrogen-bond donors (Lipinski definition) is 1. The molecule has 0 radical (unpaired) electrons. The van der Waals surface area contributed by atoms with Gasteiger partial charge in [-0.25, -0.2) is 4.39 Å². The quantitative estimate of drug-likeness (QED) is 0.827. The van der Waals surface area contributed by atoms with Gasteiger partial charge in [0.15, 0.2) is 0 Å². The van der Waals surface area contributed by atoms with Crippen molar-refractivity contribution in [1.29, 1.82) is 0 Å². The molecule has 2 aliphatic rings. The lowest BCUT2D eigenvalue weighted by Gasteiger charge is -2.29. The van der Waals surface area contributed by atoms with Crippen LogP contribution < -0.4 is 0 Å². The first-order valence-electron chi connectivity index (χ1n) is 8.84. The molecule has 1 aliphatic carbocycles. The second-order valence-electron chi connectivity index (χ2n) is 6.90. The summed E-state index contributed by atoms with van der Waals surface area (Å²) < 4.78 is 21.2. The zero-order chi connectivity index (χ0) is 17.2. The van der Waals surface area contributed by atoms with Crippen molar-refractivity contribution in [2.45, 2.75) is 44.6 Å². The lowest BCUT2D eigenvalue weighted by atomic mass is 10.2. The van der Waals surface area contributed by atoms with E-state index in [1.807, 2.05) is 0 Å². The highest BCUT2D eigenvalue weighted by Gasteiger charge is 2.32. The minimum absolute atomic E-state index is 0.169. The Labute approximate surface area is 146 Å². The number of nitrogens with zero attached hydrogens (tertiary/aromatic N) is 4. The van der Waals surface area contributed by atoms with Crippen LogP contribution >= 0.6 is 0 Å². The molecule has 1 aromatic carbocycles. The predicted molar refractivity (Wildman–Crippen MR) is 89.3 cm³/mol. The molecular formula is C18H23FN4O2. The van der Waals surface area contributed by atoms with Crippen LogP contribution in [0.4, 0.5) is 4.39 Å². The van der Waals surface area contributed by atoms with E-state index < -0.39 is 6.10 Å². The van der Waals surface area contributed by atoms with Crippen molar-refractivity contribution in [1.82, 2.24) is 19.7 Å². The Hall–Kier alpha value is -1.83. The third kappa shape index (κ3) is 3.89. The molecule has 2 aromatic rings. The summed E-state index contributed by atoms with van der Waals surface area (Å²) in [5, 5.41) is 18.8. The molecule has 1 saturated carbocycles. The van der Waals surface area contributed by atoms with Crippen molar-refractivity contribution in [2.75, 3.05) is 19.7 Å². The molecule has 0 bridgehead atoms. The largest absolute Gasteiger partial charge is 0.389 e. The Morgan fingerprint density at radius 3 is 2.88 bits per heavy atom. The molecule has 1 fully saturated rings. The van der Waals surface area contributed by atoms with Crippen LogP contribution in [0.25, 0.3) is 0 Å². The zero-order valence-corrected chi connectivity index (χ0v) is 14.1. The van der Waals surface area contributed by atoms with Gasteiger partial charge in [-0.1, -0.05) is 18.2 Å². The SMILES string of the molecule is OC(COCc1ccccc1F)CN1CCn2c(nnc2C2CC2)C1. The van der Waals surface area contributed by atoms with Gasteiger partial charge in [-0.3, -0.25) is 4.90 Å². The Morgan fingerprint density at radius 2 is 2.08 bits per heavy atom. The second-order valence-corrected chi connectivity index (χ2v) is 6.90. The molecule has 134 valence electrons. The standard InChI is InChI=1S/C18H23FN4O2/c19-16-4-2-1-3-14(16)11-25-12-15(24)9-22-7-8-23-17(10-22)20-21-18(23)13-5-6-13/h1-4,13,15,24H,5-12H2. The van der Waals surface area contributed by atoms with Gasteiger partial charge in [0, 0.05) is 31.1 Å². The van der Waals surface area contributed by atoms with Crippen LogP contribution in [0.15, 0.2) is 24.3 Å². The Morgan fingerprint density at radius 1 is 1.24 bits per heavy atom. The van der Waals surface area contributed by atoms with Gasteiger partial charge in [-0.2, -0.15) is 0 Å². The van der Waals surface area contributed by atoms with Gasteiger partial charge in [-0.15, -0.1) is 10.2 Å². The van der Waals surface area contributed by atoms with E-state index in [0.717, 1.165) is 24.7 Å². The summed E-state index contributed by atoms with van der Waals surface area (Å²) in [5.74, 6) is 2.43. The minimum atomic E-state index is -0.607. The minimum Gasteiger partial charge on any atom is -0.389 e. The van der Waals surface area contributed by atoms with E-state index in [4.69, 9.17) is 4.74 Å². The predicted octanol–water partition coefficient (Wildman–Crippen LogP) is 1.69. The third-order valence-corrected chi connectivity index (χ3v) is 4.80. The van der Waals surface area contributed by atoms with Gasteiger partial charge in [0.2, 0.25) is 0 Å². The molecule has 0 amide bonds. The number of benzene rings is 1. The average Bonchev–Trinajstić information content (AvgIpc) is 3.36. The molecule has 1 aliphatic heterocycles. The number of aliphatic hydroxyl groups excluding tert-OH is 1. The monoisotopic (exact) mass is 346 g/mol. The van der Waals surface area contributed by atoms with Gasteiger partial charge < -0.3 is 14.4 Å². The van der Waals surface area contributed by atoms with Crippen molar-refractivity contribution in [2.24, 2.45) is 0 Å². The summed E-state index contributed by atoms with van der Waals surface area (Å²) in [4.78, 5) is 2.16. The fourth-order valence-electron chi connectivity index (χ4n) is 3.30. The van der Waals surface area contributed by atoms with Crippen molar-refractivity contribution < 1.29 is 14.2 Å². The van der Waals surface area contributed by atoms with Gasteiger partial charge in [0.25, 0.3) is 0 Å². The Kier molecular flexibility index (Phi) is 4.78. The topological polar surface area (TPSA) is 63.4 Å². The highest BCUT2D eigenvalue weighted by molar-refractivity contribution is 5.16. The van der Waals surface area contributed by atoms with E-state index in [-0.39, 0.29) is 19.0 Å². The van der Waals surface area contributed by atoms with Crippen LogP contribution in [0.1, 0.15) is 36.0 Å². The summed E-state index contributed by atoms with van der Waals surface area (Å²) in [6.45, 7) is 3.31. The average molecular weight is 346 g/mol. The molecule has 6 nitrogen and oxygen atoms in total. The summed E-state index contributed by atoms with van der Waals surface area (Å²) >= 11 is 0. The van der Waals surface area contributed by atoms with Crippen LogP contribution in [0.2, 0.25) is 0 Å². The number of aliphatic hydroxyl groups is 1. The first-order chi connectivity index (χ1) is 12.2. The molecule has 1 unspecified atom stereocenters. The third-order valence-electron chi connectivity index (χ3n) is 4.80. The maximum Gasteiger partial charge on any atom is 0.147 e. The second kappa shape index (κ2) is 7.19. The molecular weight excluding hydrogens is 323 g/mol. The number of ether oxygens (including phenoxy) is 1. The van der Waals surface area contributed by atoms with Crippen molar-refractivity contribution in [3.05, 3.63) is 47.3 Å². The first-order valence-corrected chi connectivity index (χ1v) is 8.84. The Balaban J connectivity index is 1.24. The van der Waals surface area contributed by atoms with E-state index in [0.29, 0.717) is 24.6 Å². The van der Waals surface area contributed by atoms with Crippen molar-refractivity contribution >= 4 is 0 Å². The number of hydrogen-bond acceptors (Lipinski definition) is 5. The zero-order valence-electron chi connectivity index (χ0n) is 14.1. The molecule has 1 N–H and O–H groups in total. The molecule has 4 rings (SSSR count). The number of rotatable bonds is 7. The number of halogens is 1. The molecule has 0 saturated heterocycles. The maximum absolute atomic E-state index is 13.5. The Bertz CT molecular complexity index is 732. The van der Waals surface area contributed by atoms with E-state index in [2.05, 4.69) is 19.7 Å². The van der Waals surface area contributed by atoms with Crippen LogP contribution in [-0.4, -0.2) is 50.6 Å². The van der Waals surface area contributed by atoms with Gasteiger partial charge in [0.1, 0.15) is 17.5 Å². The van der Waals surface area contributed by atoms with Gasteiger partial charge in [0.05, 0.1) is 25.9 Å². The molecule has 1 aromatic heterocycles. The number of fused-ring (bicyclic) bond motifs is 1. The van der Waals surface area contributed by atoms with E-state index in [9.17, 15) is 9.50 Å². The summed E-state index contributed by atoms with van der Waals surface area (Å²) in [5.41, 5.74) is 0.508. The van der Waals surface area contributed by atoms with E-state index >= 15 is 0 Å². The lowest BCUT2D eigenvalue weighted by molar-refractivity contribution is 0.00464. The van der Waals surface area contributed by atoms with Gasteiger partial charge >= 0.3 is 0 Å². The van der Waals surface area contributed by atoms with E-state index in [1.165, 1.54) is 18.9 Å². The molecule has 2 heterocycles. The van der Waals surface area contributed by atoms with Crippen LogP contribution in [0.5, 0.6) is 0 Å². The summed E-state index contributed by atoms with van der Waals surface area (Å²) in [7, 11) is 0. The van der Waals surface area contributed by atoms with E-state index in [1.54, 1.807) is 18.2 Å². The first kappa shape index (κ1) is 16.6. The van der Waals surface area contributed by atoms with Gasteiger partial charge in [-0.05, 0) is 18.9 Å². The molecule has 1 atom stereocenters. The highest BCUT2D eigenvalue weighted by atomic mass is 19.1. The summed E-state index contributed by atoms with van der Waals surface area (Å²) in [6, 6.07) is 6.53. The van der Waals surface area contributed by atoms with Crippen molar-refractivity contribution in [3.8, 4) is 0 Å². The maximum atomic E-state index is 13.5.